The molecule has 1 aromatic carbocycles. The Morgan fingerprint density at radius 3 is 3.22 bits per heavy atom. The Morgan fingerprint density at radius 2 is 2.39 bits per heavy atom. The molecule has 1 atom stereocenters. The Kier molecular flexibility index (Phi) is 3.34. The maximum Gasteiger partial charge on any atom is 0.124 e. The number of hydrogen-bond donors (Lipinski definition) is 2. The summed E-state index contributed by atoms with van der Waals surface area (Å²) in [7, 11) is 0. The monoisotopic (exact) mass is 307 g/mol. The van der Waals surface area contributed by atoms with E-state index in [2.05, 4.69) is 37.5 Å². The van der Waals surface area contributed by atoms with Gasteiger partial charge < -0.3 is 10.1 Å². The van der Waals surface area contributed by atoms with Gasteiger partial charge in [0.05, 0.1) is 6.61 Å². The number of hydrogen-bond acceptors (Lipinski definition) is 3. The fourth-order valence-electron chi connectivity index (χ4n) is 2.19. The van der Waals surface area contributed by atoms with E-state index in [0.29, 0.717) is 6.04 Å². The van der Waals surface area contributed by atoms with Crippen molar-refractivity contribution in [3.63, 3.8) is 0 Å². The van der Waals surface area contributed by atoms with Crippen molar-refractivity contribution in [3.05, 3.63) is 46.2 Å². The summed E-state index contributed by atoms with van der Waals surface area (Å²) in [5.41, 5.74) is 2.31. The van der Waals surface area contributed by atoms with Gasteiger partial charge in [-0.1, -0.05) is 15.9 Å². The second-order valence-corrected chi connectivity index (χ2v) is 5.25. The van der Waals surface area contributed by atoms with Crippen molar-refractivity contribution in [3.8, 4) is 5.75 Å². The van der Waals surface area contributed by atoms with Gasteiger partial charge in [0, 0.05) is 40.9 Å². The highest BCUT2D eigenvalue weighted by Gasteiger charge is 2.21. The fourth-order valence-corrected chi connectivity index (χ4v) is 2.57. The number of benzene rings is 1. The van der Waals surface area contributed by atoms with Crippen LogP contribution in [0.1, 0.15) is 23.7 Å². The Labute approximate surface area is 114 Å². The number of fused-ring (bicyclic) bond motifs is 1. The van der Waals surface area contributed by atoms with Crippen LogP contribution in [0.3, 0.4) is 0 Å². The first-order valence-corrected chi connectivity index (χ1v) is 6.76. The average Bonchev–Trinajstić information content (AvgIpc) is 2.89. The number of halogens is 1. The molecule has 3 rings (SSSR count). The summed E-state index contributed by atoms with van der Waals surface area (Å²) in [5, 5.41) is 10.4. The summed E-state index contributed by atoms with van der Waals surface area (Å²) < 4.78 is 6.75. The van der Waals surface area contributed by atoms with E-state index in [0.717, 1.165) is 35.5 Å². The molecule has 0 amide bonds. The first-order chi connectivity index (χ1) is 8.83. The maximum atomic E-state index is 5.66. The number of ether oxygens (including phenoxy) is 1. The summed E-state index contributed by atoms with van der Waals surface area (Å²) in [4.78, 5) is 0. The molecule has 2 N–H and O–H groups in total. The zero-order valence-corrected chi connectivity index (χ0v) is 11.4. The first kappa shape index (κ1) is 11.7. The Morgan fingerprint density at radius 1 is 1.44 bits per heavy atom. The smallest absolute Gasteiger partial charge is 0.124 e. The molecule has 94 valence electrons. The molecule has 0 radical (unpaired) electrons. The highest BCUT2D eigenvalue weighted by atomic mass is 79.9. The summed E-state index contributed by atoms with van der Waals surface area (Å²) >= 11 is 3.51. The molecule has 0 bridgehead atoms. The Balaban J connectivity index is 1.76. The van der Waals surface area contributed by atoms with Crippen LogP contribution in [0.25, 0.3) is 0 Å². The first-order valence-electron chi connectivity index (χ1n) is 5.97. The maximum absolute atomic E-state index is 5.66. The third kappa shape index (κ3) is 2.42. The third-order valence-corrected chi connectivity index (χ3v) is 3.60. The van der Waals surface area contributed by atoms with Crippen LogP contribution in [-0.2, 0) is 6.54 Å². The van der Waals surface area contributed by atoms with Crippen LogP contribution < -0.4 is 10.1 Å². The summed E-state index contributed by atoms with van der Waals surface area (Å²) in [5.74, 6) is 0.978. The fraction of sp³-hybridized carbons (Fsp3) is 0.308. The molecule has 2 heterocycles. The molecular formula is C13H14BrN3O. The molecule has 1 aliphatic rings. The molecule has 0 fully saturated rings. The van der Waals surface area contributed by atoms with E-state index in [-0.39, 0.29) is 0 Å². The molecule has 18 heavy (non-hydrogen) atoms. The molecule has 1 unspecified atom stereocenters. The SMILES string of the molecule is Brc1ccc2c(c1)C(NCc1ccn[nH]1)CCO2. The van der Waals surface area contributed by atoms with E-state index < -0.39 is 0 Å². The normalized spacial score (nSPS) is 18.2. The predicted molar refractivity (Wildman–Crippen MR) is 72.4 cm³/mol. The Bertz CT molecular complexity index is 527. The van der Waals surface area contributed by atoms with E-state index in [1.165, 1.54) is 5.56 Å². The van der Waals surface area contributed by atoms with E-state index >= 15 is 0 Å². The minimum atomic E-state index is 0.328. The summed E-state index contributed by atoms with van der Waals surface area (Å²) in [6, 6.07) is 8.46. The molecule has 0 saturated carbocycles. The van der Waals surface area contributed by atoms with Gasteiger partial charge in [0.1, 0.15) is 5.75 Å². The van der Waals surface area contributed by atoms with Crippen molar-refractivity contribution in [2.75, 3.05) is 6.61 Å². The third-order valence-electron chi connectivity index (χ3n) is 3.11. The number of rotatable bonds is 3. The van der Waals surface area contributed by atoms with Crippen molar-refractivity contribution >= 4 is 15.9 Å². The predicted octanol–water partition coefficient (Wildman–Crippen LogP) is 2.79. The Hall–Kier alpha value is -1.33. The minimum absolute atomic E-state index is 0.328. The average molecular weight is 308 g/mol. The van der Waals surface area contributed by atoms with Crippen LogP contribution >= 0.6 is 15.9 Å². The van der Waals surface area contributed by atoms with Crippen molar-refractivity contribution < 1.29 is 4.74 Å². The zero-order chi connectivity index (χ0) is 12.4. The lowest BCUT2D eigenvalue weighted by Gasteiger charge is -2.26. The summed E-state index contributed by atoms with van der Waals surface area (Å²) in [6.07, 6.45) is 2.75. The number of aromatic nitrogens is 2. The van der Waals surface area contributed by atoms with Crippen molar-refractivity contribution in [1.82, 2.24) is 15.5 Å². The number of H-pyrrole nitrogens is 1. The lowest BCUT2D eigenvalue weighted by atomic mass is 10.0. The summed E-state index contributed by atoms with van der Waals surface area (Å²) in [6.45, 7) is 1.55. The van der Waals surface area contributed by atoms with E-state index in [9.17, 15) is 0 Å². The number of aromatic amines is 1. The van der Waals surface area contributed by atoms with Gasteiger partial charge in [-0.15, -0.1) is 0 Å². The number of nitrogens with one attached hydrogen (secondary N) is 2. The second-order valence-electron chi connectivity index (χ2n) is 4.33. The molecule has 0 spiro atoms. The van der Waals surface area contributed by atoms with Gasteiger partial charge in [-0.2, -0.15) is 5.10 Å². The molecule has 2 aromatic rings. The lowest BCUT2D eigenvalue weighted by molar-refractivity contribution is 0.252. The molecule has 0 aliphatic carbocycles. The van der Waals surface area contributed by atoms with Crippen LogP contribution in [0.15, 0.2) is 34.9 Å². The van der Waals surface area contributed by atoms with Crippen LogP contribution in [0.2, 0.25) is 0 Å². The van der Waals surface area contributed by atoms with Gasteiger partial charge in [0.15, 0.2) is 0 Å². The van der Waals surface area contributed by atoms with Gasteiger partial charge >= 0.3 is 0 Å². The largest absolute Gasteiger partial charge is 0.493 e. The van der Waals surface area contributed by atoms with E-state index in [1.807, 2.05) is 18.2 Å². The van der Waals surface area contributed by atoms with Crippen LogP contribution in [0, 0.1) is 0 Å². The van der Waals surface area contributed by atoms with Crippen LogP contribution in [-0.4, -0.2) is 16.8 Å². The molecule has 0 saturated heterocycles. The molecular weight excluding hydrogens is 294 g/mol. The van der Waals surface area contributed by atoms with E-state index in [1.54, 1.807) is 6.20 Å². The molecule has 5 heteroatoms. The standard InChI is InChI=1S/C13H14BrN3O/c14-9-1-2-13-11(7-9)12(4-6-18-13)15-8-10-3-5-16-17-10/h1-3,5,7,12,15H,4,6,8H2,(H,16,17). The highest BCUT2D eigenvalue weighted by molar-refractivity contribution is 9.10. The molecule has 4 nitrogen and oxygen atoms in total. The van der Waals surface area contributed by atoms with Gasteiger partial charge in [-0.25, -0.2) is 0 Å². The van der Waals surface area contributed by atoms with E-state index in [4.69, 9.17) is 4.74 Å². The molecule has 1 aromatic heterocycles. The van der Waals surface area contributed by atoms with Gasteiger partial charge in [0.25, 0.3) is 0 Å². The minimum Gasteiger partial charge on any atom is -0.493 e. The van der Waals surface area contributed by atoms with Crippen molar-refractivity contribution in [1.29, 1.82) is 0 Å². The highest BCUT2D eigenvalue weighted by Crippen LogP contribution is 2.34. The second kappa shape index (κ2) is 5.12. The van der Waals surface area contributed by atoms with Gasteiger partial charge in [-0.05, 0) is 24.3 Å². The van der Waals surface area contributed by atoms with Crippen molar-refractivity contribution in [2.24, 2.45) is 0 Å². The molecule has 1 aliphatic heterocycles. The zero-order valence-electron chi connectivity index (χ0n) is 9.82. The topological polar surface area (TPSA) is 49.9 Å². The van der Waals surface area contributed by atoms with Crippen LogP contribution in [0.5, 0.6) is 5.75 Å². The van der Waals surface area contributed by atoms with Crippen LogP contribution in [0.4, 0.5) is 0 Å². The van der Waals surface area contributed by atoms with Crippen molar-refractivity contribution in [2.45, 2.75) is 19.0 Å². The van der Waals surface area contributed by atoms with Gasteiger partial charge in [-0.3, -0.25) is 5.10 Å². The quantitative estimate of drug-likeness (QED) is 0.917. The van der Waals surface area contributed by atoms with Gasteiger partial charge in [0.2, 0.25) is 0 Å². The lowest BCUT2D eigenvalue weighted by Crippen LogP contribution is -2.26. The number of nitrogens with zero attached hydrogens (tertiary/aromatic N) is 1.